The van der Waals surface area contributed by atoms with Crippen molar-refractivity contribution >= 4 is 5.97 Å². The minimum atomic E-state index is -0.254. The minimum Gasteiger partial charge on any atom is -0.496 e. The molecule has 1 aromatic rings. The van der Waals surface area contributed by atoms with Gasteiger partial charge in [-0.25, -0.2) is 0 Å². The second-order valence-electron chi connectivity index (χ2n) is 8.43. The molecule has 2 heterocycles. The number of hydrogen-bond acceptors (Lipinski definition) is 5. The molecule has 0 saturated heterocycles. The smallest absolute Gasteiger partial charge is 0.305 e. The quantitative estimate of drug-likeness (QED) is 0.758. The average Bonchev–Trinajstić information content (AvgIpc) is 2.57. The van der Waals surface area contributed by atoms with Crippen molar-refractivity contribution in [2.75, 3.05) is 14.2 Å². The summed E-state index contributed by atoms with van der Waals surface area (Å²) in [6.45, 7) is 8.38. The fraction of sp³-hybridized carbons (Fsp3) is 0.667. The second-order valence-corrected chi connectivity index (χ2v) is 8.43. The number of fused-ring (bicyclic) bond motifs is 2. The van der Waals surface area contributed by atoms with Gasteiger partial charge in [0.25, 0.3) is 0 Å². The van der Waals surface area contributed by atoms with E-state index >= 15 is 0 Å². The molecule has 0 atom stereocenters. The molecule has 0 fully saturated rings. The van der Waals surface area contributed by atoms with Crippen molar-refractivity contribution in [3.05, 3.63) is 16.7 Å². The number of esters is 1. The minimum absolute atomic E-state index is 0.228. The Bertz CT molecular complexity index is 671. The predicted molar refractivity (Wildman–Crippen MR) is 99.4 cm³/mol. The molecule has 2 aliphatic heterocycles. The lowest BCUT2D eigenvalue weighted by Crippen LogP contribution is -2.36. The fourth-order valence-electron chi connectivity index (χ4n) is 3.87. The van der Waals surface area contributed by atoms with E-state index in [9.17, 15) is 4.79 Å². The molecule has 0 radical (unpaired) electrons. The summed E-state index contributed by atoms with van der Waals surface area (Å²) in [5.74, 6) is 2.33. The zero-order valence-electron chi connectivity index (χ0n) is 16.8. The van der Waals surface area contributed by atoms with Crippen molar-refractivity contribution < 1.29 is 23.7 Å². The largest absolute Gasteiger partial charge is 0.496 e. The third-order valence-corrected chi connectivity index (χ3v) is 5.37. The molecule has 0 aromatic heterocycles. The molecular weight excluding hydrogens is 332 g/mol. The van der Waals surface area contributed by atoms with E-state index in [1.807, 2.05) is 0 Å². The molecule has 144 valence electrons. The Morgan fingerprint density at radius 3 is 1.88 bits per heavy atom. The van der Waals surface area contributed by atoms with Crippen LogP contribution < -0.4 is 14.2 Å². The first-order valence-electron chi connectivity index (χ1n) is 9.37. The summed E-state index contributed by atoms with van der Waals surface area (Å²) in [6.07, 6.45) is 4.49. The highest BCUT2D eigenvalue weighted by Crippen LogP contribution is 2.51. The van der Waals surface area contributed by atoms with Crippen molar-refractivity contribution in [3.63, 3.8) is 0 Å². The molecule has 5 heteroatoms. The molecule has 0 amide bonds. The summed E-state index contributed by atoms with van der Waals surface area (Å²) in [4.78, 5) is 11.8. The Hall–Kier alpha value is -1.91. The van der Waals surface area contributed by atoms with Crippen LogP contribution in [0.5, 0.6) is 17.2 Å². The molecular formula is C21H30O5. The summed E-state index contributed by atoms with van der Waals surface area (Å²) < 4.78 is 23.4. The summed E-state index contributed by atoms with van der Waals surface area (Å²) in [6, 6.07) is 0. The van der Waals surface area contributed by atoms with Crippen LogP contribution in [0.15, 0.2) is 0 Å². The molecule has 0 bridgehead atoms. The first-order chi connectivity index (χ1) is 12.2. The van der Waals surface area contributed by atoms with E-state index < -0.39 is 0 Å². The number of methoxy groups -OCH3 is 2. The normalized spacial score (nSPS) is 19.5. The number of carbonyl (C=O) groups is 1. The van der Waals surface area contributed by atoms with Gasteiger partial charge in [0.15, 0.2) is 0 Å². The maximum atomic E-state index is 11.8. The van der Waals surface area contributed by atoms with Crippen LogP contribution in [0.4, 0.5) is 0 Å². The van der Waals surface area contributed by atoms with Crippen LogP contribution in [0.25, 0.3) is 0 Å². The highest BCUT2D eigenvalue weighted by atomic mass is 16.5. The summed E-state index contributed by atoms with van der Waals surface area (Å²) in [5.41, 5.74) is 2.68. The van der Waals surface area contributed by atoms with Crippen molar-refractivity contribution in [1.82, 2.24) is 0 Å². The van der Waals surface area contributed by atoms with Gasteiger partial charge in [-0.1, -0.05) is 0 Å². The number of carbonyl (C=O) groups excluding carboxylic acids is 1. The Balaban J connectivity index is 2.16. The van der Waals surface area contributed by atoms with E-state index in [0.717, 1.165) is 59.6 Å². The maximum absolute atomic E-state index is 11.8. The lowest BCUT2D eigenvalue weighted by molar-refractivity contribution is -0.140. The number of benzene rings is 1. The van der Waals surface area contributed by atoms with E-state index in [-0.39, 0.29) is 17.2 Å². The monoisotopic (exact) mass is 362 g/mol. The second kappa shape index (κ2) is 6.67. The van der Waals surface area contributed by atoms with Gasteiger partial charge in [0.05, 0.1) is 14.2 Å². The van der Waals surface area contributed by atoms with E-state index in [2.05, 4.69) is 27.7 Å². The van der Waals surface area contributed by atoms with Gasteiger partial charge in [0.2, 0.25) is 0 Å². The third-order valence-electron chi connectivity index (χ3n) is 5.37. The van der Waals surface area contributed by atoms with Crippen LogP contribution in [0, 0.1) is 0 Å². The molecule has 0 spiro atoms. The van der Waals surface area contributed by atoms with Crippen molar-refractivity contribution in [1.29, 1.82) is 0 Å². The first kappa shape index (κ1) is 18.9. The van der Waals surface area contributed by atoms with Crippen LogP contribution in [0.2, 0.25) is 0 Å². The number of hydrogen-bond donors (Lipinski definition) is 0. The molecule has 1 aromatic carbocycles. The van der Waals surface area contributed by atoms with Crippen LogP contribution in [0.1, 0.15) is 63.6 Å². The van der Waals surface area contributed by atoms with E-state index in [0.29, 0.717) is 12.8 Å². The van der Waals surface area contributed by atoms with Gasteiger partial charge in [0, 0.05) is 23.1 Å². The zero-order valence-corrected chi connectivity index (χ0v) is 16.8. The number of ether oxygens (including phenoxy) is 4. The molecule has 0 aliphatic carbocycles. The van der Waals surface area contributed by atoms with Crippen molar-refractivity contribution in [2.45, 2.75) is 77.4 Å². The summed E-state index contributed by atoms with van der Waals surface area (Å²) in [7, 11) is 3.13. The molecule has 0 N–H and O–H groups in total. The average molecular weight is 362 g/mol. The van der Waals surface area contributed by atoms with Gasteiger partial charge >= 0.3 is 5.97 Å². The molecule has 2 aliphatic rings. The molecule has 3 rings (SSSR count). The Morgan fingerprint density at radius 1 is 0.962 bits per heavy atom. The van der Waals surface area contributed by atoms with Gasteiger partial charge in [-0.3, -0.25) is 4.79 Å². The Labute approximate surface area is 156 Å². The highest BCUT2D eigenvalue weighted by molar-refractivity contribution is 5.71. The zero-order chi connectivity index (χ0) is 19.1. The Morgan fingerprint density at radius 2 is 1.46 bits per heavy atom. The van der Waals surface area contributed by atoms with Crippen LogP contribution in [-0.2, 0) is 28.8 Å². The topological polar surface area (TPSA) is 54.0 Å². The van der Waals surface area contributed by atoms with Crippen molar-refractivity contribution in [3.8, 4) is 17.2 Å². The molecule has 0 unspecified atom stereocenters. The van der Waals surface area contributed by atoms with Crippen molar-refractivity contribution in [2.24, 2.45) is 0 Å². The maximum Gasteiger partial charge on any atom is 0.305 e. The van der Waals surface area contributed by atoms with Crippen LogP contribution in [-0.4, -0.2) is 31.4 Å². The fourth-order valence-corrected chi connectivity index (χ4v) is 3.87. The first-order valence-corrected chi connectivity index (χ1v) is 9.37. The SMILES string of the molecule is COC(=O)CCc1c2c(c(OC)c3c1OC(C)(C)CC3)CCC(C)(C)O2. The highest BCUT2D eigenvalue weighted by Gasteiger charge is 2.38. The molecule has 0 saturated carbocycles. The van der Waals surface area contributed by atoms with Gasteiger partial charge < -0.3 is 18.9 Å². The summed E-state index contributed by atoms with van der Waals surface area (Å²) >= 11 is 0. The van der Waals surface area contributed by atoms with Gasteiger partial charge in [-0.05, 0) is 59.8 Å². The molecule has 5 nitrogen and oxygen atoms in total. The number of rotatable bonds is 4. The van der Waals surface area contributed by atoms with Crippen LogP contribution in [0.3, 0.4) is 0 Å². The standard InChI is InChI=1S/C21H30O5/c1-20(2)11-9-14-17(24-6)15-10-12-21(3,4)26-19(15)13(18(14)25-20)7-8-16(22)23-5/h7-12H2,1-6H3. The molecule has 26 heavy (non-hydrogen) atoms. The lowest BCUT2D eigenvalue weighted by atomic mass is 9.85. The lowest BCUT2D eigenvalue weighted by Gasteiger charge is -2.40. The third kappa shape index (κ3) is 3.49. The van der Waals surface area contributed by atoms with Gasteiger partial charge in [-0.15, -0.1) is 0 Å². The Kier molecular flexibility index (Phi) is 4.84. The van der Waals surface area contributed by atoms with Gasteiger partial charge in [0.1, 0.15) is 28.5 Å². The van der Waals surface area contributed by atoms with Gasteiger partial charge in [-0.2, -0.15) is 0 Å². The van der Waals surface area contributed by atoms with E-state index in [1.165, 1.54) is 7.11 Å². The van der Waals surface area contributed by atoms with E-state index in [4.69, 9.17) is 18.9 Å². The van der Waals surface area contributed by atoms with Crippen LogP contribution >= 0.6 is 0 Å². The predicted octanol–water partition coefficient (Wildman–Crippen LogP) is 4.01. The van der Waals surface area contributed by atoms with E-state index in [1.54, 1.807) is 7.11 Å². The summed E-state index contributed by atoms with van der Waals surface area (Å²) in [5, 5.41) is 0.